The zero-order valence-electron chi connectivity index (χ0n) is 16.2. The van der Waals surface area contributed by atoms with Crippen LogP contribution >= 0.6 is 0 Å². The first-order valence-corrected chi connectivity index (χ1v) is 11.0. The maximum Gasteiger partial charge on any atom is 0.264 e. The van der Waals surface area contributed by atoms with Crippen molar-refractivity contribution in [2.24, 2.45) is 0 Å². The van der Waals surface area contributed by atoms with Crippen LogP contribution in [-0.4, -0.2) is 63.4 Å². The summed E-state index contributed by atoms with van der Waals surface area (Å²) < 4.78 is 27.8. The largest absolute Gasteiger partial charge is 0.336 e. The highest BCUT2D eigenvalue weighted by Crippen LogP contribution is 2.37. The number of likely N-dealkylation sites (N-methyl/N-ethyl adjacent to an activating group) is 1. The summed E-state index contributed by atoms with van der Waals surface area (Å²) in [7, 11) is -1.57. The zero-order valence-corrected chi connectivity index (χ0v) is 17.0. The Morgan fingerprint density at radius 2 is 1.68 bits per heavy atom. The Labute approximate surface area is 166 Å². The number of fused-ring (bicyclic) bond motifs is 1. The Balaban J connectivity index is 1.63. The second-order valence-corrected chi connectivity index (χ2v) is 9.42. The van der Waals surface area contributed by atoms with Crippen LogP contribution in [0.25, 0.3) is 0 Å². The first kappa shape index (κ1) is 19.0. The molecule has 6 nitrogen and oxygen atoms in total. The quantitative estimate of drug-likeness (QED) is 0.794. The van der Waals surface area contributed by atoms with Gasteiger partial charge in [0.2, 0.25) is 0 Å². The number of hydrogen-bond acceptors (Lipinski definition) is 4. The lowest BCUT2D eigenvalue weighted by molar-refractivity contribution is 0.0664. The molecule has 2 aliphatic rings. The third kappa shape index (κ3) is 3.29. The fourth-order valence-corrected chi connectivity index (χ4v) is 5.71. The number of carbonyl (C=O) groups is 1. The van der Waals surface area contributed by atoms with Crippen molar-refractivity contribution in [3.8, 4) is 0 Å². The molecular weight excluding hydrogens is 374 g/mol. The monoisotopic (exact) mass is 399 g/mol. The second kappa shape index (κ2) is 7.22. The van der Waals surface area contributed by atoms with Gasteiger partial charge in [-0.1, -0.05) is 18.2 Å². The molecule has 0 spiro atoms. The van der Waals surface area contributed by atoms with Crippen LogP contribution in [0.5, 0.6) is 0 Å². The van der Waals surface area contributed by atoms with Crippen molar-refractivity contribution in [1.82, 2.24) is 9.80 Å². The normalized spacial score (nSPS) is 20.3. The summed E-state index contributed by atoms with van der Waals surface area (Å²) in [5, 5.41) is 0. The molecule has 0 bridgehead atoms. The van der Waals surface area contributed by atoms with Gasteiger partial charge in [0.1, 0.15) is 0 Å². The van der Waals surface area contributed by atoms with Gasteiger partial charge in [-0.15, -0.1) is 0 Å². The maximum absolute atomic E-state index is 13.2. The van der Waals surface area contributed by atoms with E-state index in [-0.39, 0.29) is 16.8 Å². The lowest BCUT2D eigenvalue weighted by Crippen LogP contribution is -2.47. The molecule has 0 unspecified atom stereocenters. The highest BCUT2D eigenvalue weighted by molar-refractivity contribution is 7.92. The third-order valence-corrected chi connectivity index (χ3v) is 7.51. The predicted molar refractivity (Wildman–Crippen MR) is 109 cm³/mol. The van der Waals surface area contributed by atoms with Gasteiger partial charge < -0.3 is 9.80 Å². The minimum absolute atomic E-state index is 0.0212. The Bertz CT molecular complexity index is 983. The van der Waals surface area contributed by atoms with Gasteiger partial charge in [-0.05, 0) is 56.3 Å². The van der Waals surface area contributed by atoms with E-state index in [9.17, 15) is 13.2 Å². The second-order valence-electron chi connectivity index (χ2n) is 7.61. The number of nitrogens with zero attached hydrogens (tertiary/aromatic N) is 3. The molecule has 0 saturated carbocycles. The fraction of sp³-hybridized carbons (Fsp3) is 0.381. The highest BCUT2D eigenvalue weighted by atomic mass is 32.2. The molecule has 2 aliphatic heterocycles. The molecule has 148 valence electrons. The van der Waals surface area contributed by atoms with Gasteiger partial charge in [-0.25, -0.2) is 8.42 Å². The Kier molecular flexibility index (Phi) is 4.89. The molecule has 2 heterocycles. The number of anilines is 1. The third-order valence-electron chi connectivity index (χ3n) is 5.57. The van der Waals surface area contributed by atoms with E-state index < -0.39 is 10.0 Å². The first-order valence-electron chi connectivity index (χ1n) is 9.58. The maximum atomic E-state index is 13.2. The van der Waals surface area contributed by atoms with Crippen molar-refractivity contribution in [3.63, 3.8) is 0 Å². The van der Waals surface area contributed by atoms with Crippen LogP contribution in [0.2, 0.25) is 0 Å². The summed E-state index contributed by atoms with van der Waals surface area (Å²) in [6.07, 6.45) is 0.602. The molecule has 2 aromatic rings. The highest BCUT2D eigenvalue weighted by Gasteiger charge is 2.36. The van der Waals surface area contributed by atoms with E-state index >= 15 is 0 Å². The summed E-state index contributed by atoms with van der Waals surface area (Å²) in [5.74, 6) is 0.0212. The van der Waals surface area contributed by atoms with Crippen LogP contribution in [0.4, 0.5) is 5.69 Å². The fourth-order valence-electron chi connectivity index (χ4n) is 4.00. The van der Waals surface area contributed by atoms with E-state index in [0.29, 0.717) is 17.7 Å². The molecule has 0 N–H and O–H groups in total. The number of piperazine rings is 1. The minimum atomic E-state index is -3.63. The Hall–Kier alpha value is -2.38. The minimum Gasteiger partial charge on any atom is -0.336 e. The Morgan fingerprint density at radius 3 is 2.36 bits per heavy atom. The van der Waals surface area contributed by atoms with Gasteiger partial charge in [-0.3, -0.25) is 9.10 Å². The Morgan fingerprint density at radius 1 is 1.00 bits per heavy atom. The first-order chi connectivity index (χ1) is 13.4. The molecule has 2 aromatic carbocycles. The van der Waals surface area contributed by atoms with Crippen molar-refractivity contribution in [1.29, 1.82) is 0 Å². The van der Waals surface area contributed by atoms with E-state index in [0.717, 1.165) is 31.7 Å². The SMILES string of the molecule is C[C@@H]1Cc2cc(C(=O)N3CCN(C)CC3)ccc2N1S(=O)(=O)c1ccccc1. The van der Waals surface area contributed by atoms with Crippen molar-refractivity contribution in [2.75, 3.05) is 37.5 Å². The zero-order chi connectivity index (χ0) is 19.9. The van der Waals surface area contributed by atoms with Crippen LogP contribution in [0.15, 0.2) is 53.4 Å². The number of carbonyl (C=O) groups excluding carboxylic acids is 1. The van der Waals surface area contributed by atoms with Crippen molar-refractivity contribution < 1.29 is 13.2 Å². The number of sulfonamides is 1. The van der Waals surface area contributed by atoms with Crippen LogP contribution < -0.4 is 4.31 Å². The smallest absolute Gasteiger partial charge is 0.264 e. The van der Waals surface area contributed by atoms with Gasteiger partial charge in [0.05, 0.1) is 10.6 Å². The number of rotatable bonds is 3. The summed E-state index contributed by atoms with van der Waals surface area (Å²) >= 11 is 0. The summed E-state index contributed by atoms with van der Waals surface area (Å²) in [4.78, 5) is 17.2. The van der Waals surface area contributed by atoms with E-state index in [2.05, 4.69) is 11.9 Å². The van der Waals surface area contributed by atoms with Crippen molar-refractivity contribution >= 4 is 21.6 Å². The van der Waals surface area contributed by atoms with Gasteiger partial charge >= 0.3 is 0 Å². The van der Waals surface area contributed by atoms with Crippen LogP contribution in [0.1, 0.15) is 22.8 Å². The van der Waals surface area contributed by atoms with Crippen LogP contribution in [0.3, 0.4) is 0 Å². The molecule has 1 fully saturated rings. The average Bonchev–Trinajstić information content (AvgIpc) is 3.04. The topological polar surface area (TPSA) is 60.9 Å². The summed E-state index contributed by atoms with van der Waals surface area (Å²) in [5.41, 5.74) is 2.22. The van der Waals surface area contributed by atoms with Gasteiger partial charge in [-0.2, -0.15) is 0 Å². The molecule has 7 heteroatoms. The number of benzene rings is 2. The molecule has 4 rings (SSSR count). The number of hydrogen-bond donors (Lipinski definition) is 0. The molecule has 0 radical (unpaired) electrons. The lowest BCUT2D eigenvalue weighted by Gasteiger charge is -2.32. The molecule has 28 heavy (non-hydrogen) atoms. The molecule has 0 aromatic heterocycles. The van der Waals surface area contributed by atoms with Crippen molar-refractivity contribution in [3.05, 3.63) is 59.7 Å². The van der Waals surface area contributed by atoms with Gasteiger partial charge in [0.25, 0.3) is 15.9 Å². The molecule has 1 atom stereocenters. The van der Waals surface area contributed by atoms with E-state index in [1.165, 1.54) is 4.31 Å². The van der Waals surface area contributed by atoms with Crippen LogP contribution in [0, 0.1) is 0 Å². The standard InChI is InChI=1S/C21H25N3O3S/c1-16-14-18-15-17(21(25)23-12-10-22(2)11-13-23)8-9-20(18)24(16)28(26,27)19-6-4-3-5-7-19/h3-9,15-16H,10-14H2,1-2H3/t16-/m1/s1. The molecule has 0 aliphatic carbocycles. The molecule has 1 saturated heterocycles. The van der Waals surface area contributed by atoms with Crippen LogP contribution in [-0.2, 0) is 16.4 Å². The van der Waals surface area contributed by atoms with E-state index in [1.54, 1.807) is 42.5 Å². The molecular formula is C21H25N3O3S. The van der Waals surface area contributed by atoms with Gasteiger partial charge in [0, 0.05) is 37.8 Å². The van der Waals surface area contributed by atoms with Gasteiger partial charge in [0.15, 0.2) is 0 Å². The summed E-state index contributed by atoms with van der Waals surface area (Å²) in [6, 6.07) is 13.7. The predicted octanol–water partition coefficient (Wildman–Crippen LogP) is 2.21. The summed E-state index contributed by atoms with van der Waals surface area (Å²) in [6.45, 7) is 5.09. The van der Waals surface area contributed by atoms with E-state index in [4.69, 9.17) is 0 Å². The lowest BCUT2D eigenvalue weighted by atomic mass is 10.1. The average molecular weight is 400 g/mol. The molecule has 1 amide bonds. The van der Waals surface area contributed by atoms with E-state index in [1.807, 2.05) is 17.9 Å². The van der Waals surface area contributed by atoms with Crippen molar-refractivity contribution in [2.45, 2.75) is 24.3 Å². The number of amides is 1.